The Morgan fingerprint density at radius 1 is 0.466 bits per heavy atom. The van der Waals surface area contributed by atoms with Gasteiger partial charge in [0.2, 0.25) is 0 Å². The molecule has 0 aromatic carbocycles. The van der Waals surface area contributed by atoms with Crippen molar-refractivity contribution in [1.29, 1.82) is 0 Å². The van der Waals surface area contributed by atoms with Crippen LogP contribution in [0.4, 0.5) is 0 Å². The number of hydrogen-bond donors (Lipinski definition) is 3. The van der Waals surface area contributed by atoms with Gasteiger partial charge in [-0.2, -0.15) is 0 Å². The lowest BCUT2D eigenvalue weighted by atomic mass is 9.98. The highest BCUT2D eigenvalue weighted by molar-refractivity contribution is 5.74. The topological polar surface area (TPSA) is 175 Å². The predicted molar refractivity (Wildman–Crippen MR) is 294 cm³/mol. The van der Waals surface area contributed by atoms with Gasteiger partial charge < -0.3 is 39.0 Å². The Morgan fingerprint density at radius 3 is 1.37 bits per heavy atom. The van der Waals surface area contributed by atoms with E-state index < -0.39 is 67.3 Å². The molecule has 1 aliphatic rings. The summed E-state index contributed by atoms with van der Waals surface area (Å²) in [6.07, 6.45) is 49.9. The van der Waals surface area contributed by atoms with Crippen LogP contribution >= 0.6 is 0 Å². The molecule has 0 radical (unpaired) electrons. The molecule has 6 atom stereocenters. The van der Waals surface area contributed by atoms with Gasteiger partial charge in [-0.25, -0.2) is 4.79 Å². The summed E-state index contributed by atoms with van der Waals surface area (Å²) in [6.45, 7) is 5.76. The maximum absolute atomic E-state index is 13.1. The van der Waals surface area contributed by atoms with Crippen molar-refractivity contribution < 1.29 is 58.2 Å². The lowest BCUT2D eigenvalue weighted by Crippen LogP contribution is -2.61. The van der Waals surface area contributed by atoms with Crippen molar-refractivity contribution in [2.45, 2.75) is 263 Å². The molecule has 1 saturated heterocycles. The molecule has 3 N–H and O–H groups in total. The quantitative estimate of drug-likeness (QED) is 0.0228. The Morgan fingerprint density at radius 2 is 0.877 bits per heavy atom. The summed E-state index contributed by atoms with van der Waals surface area (Å²) < 4.78 is 28.3. The van der Waals surface area contributed by atoms with E-state index in [4.69, 9.17) is 23.7 Å². The maximum atomic E-state index is 13.1. The Labute approximate surface area is 441 Å². The number of hydrogen-bond acceptors (Lipinski definition) is 11. The fourth-order valence-electron chi connectivity index (χ4n) is 8.02. The van der Waals surface area contributed by atoms with E-state index in [0.717, 1.165) is 135 Å². The number of rotatable bonds is 47. The number of allylic oxidation sites excluding steroid dienone is 14. The minimum Gasteiger partial charge on any atom is -0.479 e. The van der Waals surface area contributed by atoms with Gasteiger partial charge in [-0.3, -0.25) is 14.4 Å². The number of unbranched alkanes of at least 4 members (excludes halogenated alkanes) is 19. The number of carbonyl (C=O) groups is 4. The molecule has 1 aliphatic heterocycles. The van der Waals surface area contributed by atoms with Crippen molar-refractivity contribution >= 4 is 23.9 Å². The summed E-state index contributed by atoms with van der Waals surface area (Å²) >= 11 is 0. The molecule has 73 heavy (non-hydrogen) atoms. The van der Waals surface area contributed by atoms with Gasteiger partial charge in [0, 0.05) is 19.3 Å². The van der Waals surface area contributed by atoms with Crippen molar-refractivity contribution in [1.82, 2.24) is 0 Å². The molecule has 0 spiro atoms. The van der Waals surface area contributed by atoms with E-state index in [-0.39, 0.29) is 25.9 Å². The van der Waals surface area contributed by atoms with Crippen LogP contribution < -0.4 is 0 Å². The number of carboxylic acids is 1. The summed E-state index contributed by atoms with van der Waals surface area (Å²) in [5, 5.41) is 31.4. The van der Waals surface area contributed by atoms with E-state index >= 15 is 0 Å². The van der Waals surface area contributed by atoms with Crippen molar-refractivity contribution in [3.8, 4) is 0 Å². The van der Waals surface area contributed by atoms with Gasteiger partial charge in [0.25, 0.3) is 0 Å². The van der Waals surface area contributed by atoms with E-state index in [9.17, 15) is 34.5 Å². The molecule has 0 bridgehead atoms. The van der Waals surface area contributed by atoms with Crippen LogP contribution in [0.25, 0.3) is 0 Å². The van der Waals surface area contributed by atoms with E-state index in [1.807, 2.05) is 0 Å². The Hall–Kier alpha value is -4.10. The molecular weight excluding hydrogens is 925 g/mol. The number of carboxylic acid groups (broad SMARTS) is 1. The molecule has 1 heterocycles. The molecule has 6 unspecified atom stereocenters. The van der Waals surface area contributed by atoms with Gasteiger partial charge in [0.05, 0.1) is 6.61 Å². The monoisotopic (exact) mass is 1020 g/mol. The second-order valence-electron chi connectivity index (χ2n) is 19.2. The van der Waals surface area contributed by atoms with Crippen LogP contribution in [0.2, 0.25) is 0 Å². The van der Waals surface area contributed by atoms with Gasteiger partial charge in [0.1, 0.15) is 18.8 Å². The van der Waals surface area contributed by atoms with E-state index in [0.29, 0.717) is 19.3 Å². The molecule has 0 saturated carbocycles. The third-order valence-electron chi connectivity index (χ3n) is 12.4. The van der Waals surface area contributed by atoms with Gasteiger partial charge in [0.15, 0.2) is 24.6 Å². The van der Waals surface area contributed by atoms with Gasteiger partial charge in [-0.15, -0.1) is 0 Å². The smallest absolute Gasteiger partial charge is 0.335 e. The Bertz CT molecular complexity index is 1590. The van der Waals surface area contributed by atoms with Crippen LogP contribution in [0.3, 0.4) is 0 Å². The molecule has 12 heteroatoms. The zero-order valence-electron chi connectivity index (χ0n) is 45.6. The summed E-state index contributed by atoms with van der Waals surface area (Å²) in [7, 11) is 0. The lowest BCUT2D eigenvalue weighted by molar-refractivity contribution is -0.301. The van der Waals surface area contributed by atoms with Crippen molar-refractivity contribution in [2.24, 2.45) is 0 Å². The van der Waals surface area contributed by atoms with Crippen LogP contribution in [-0.2, 0) is 42.9 Å². The average Bonchev–Trinajstić information content (AvgIpc) is 3.37. The van der Waals surface area contributed by atoms with Gasteiger partial charge in [-0.1, -0.05) is 183 Å². The van der Waals surface area contributed by atoms with Gasteiger partial charge >= 0.3 is 23.9 Å². The SMILES string of the molecule is CC/C=C\C/C=C\C/C=C\C/C=C\CCCCCCC(=O)OCC(COC1OC(C(=O)O)C(O)C(O)C1OC(=O)CCCCCCC/C=C\CCCC)OC(=O)CCCCCCC/C=C\C/C=C\CCCCC. The molecule has 0 aliphatic carbocycles. The first-order chi connectivity index (χ1) is 35.6. The summed E-state index contributed by atoms with van der Waals surface area (Å²) in [5.74, 6) is -3.19. The van der Waals surface area contributed by atoms with E-state index in [1.54, 1.807) is 0 Å². The molecule has 0 aromatic heterocycles. The number of aliphatic hydroxyl groups excluding tert-OH is 2. The second kappa shape index (κ2) is 48.8. The van der Waals surface area contributed by atoms with Crippen LogP contribution in [0.1, 0.15) is 226 Å². The molecule has 416 valence electrons. The van der Waals surface area contributed by atoms with E-state index in [2.05, 4.69) is 106 Å². The van der Waals surface area contributed by atoms with Crippen LogP contribution in [0.15, 0.2) is 85.1 Å². The largest absolute Gasteiger partial charge is 0.479 e. The minimum absolute atomic E-state index is 0.0426. The van der Waals surface area contributed by atoms with Crippen LogP contribution in [-0.4, -0.2) is 89.2 Å². The number of aliphatic hydroxyl groups is 2. The third-order valence-corrected chi connectivity index (χ3v) is 12.4. The normalized spacial score (nSPS) is 18.9. The fourth-order valence-corrected chi connectivity index (χ4v) is 8.02. The number of ether oxygens (including phenoxy) is 5. The summed E-state index contributed by atoms with van der Waals surface area (Å²) in [4.78, 5) is 51.0. The van der Waals surface area contributed by atoms with E-state index in [1.165, 1.54) is 32.1 Å². The molecule has 1 fully saturated rings. The zero-order chi connectivity index (χ0) is 53.3. The summed E-state index contributed by atoms with van der Waals surface area (Å²) in [6, 6.07) is 0. The molecule has 0 amide bonds. The molecule has 0 aromatic rings. The number of esters is 3. The van der Waals surface area contributed by atoms with Crippen LogP contribution in [0.5, 0.6) is 0 Å². The molecule has 1 rings (SSSR count). The fraction of sp³-hybridized carbons (Fsp3) is 0.705. The number of carbonyl (C=O) groups excluding carboxylic acids is 3. The first kappa shape index (κ1) is 66.9. The first-order valence-electron chi connectivity index (χ1n) is 28.6. The highest BCUT2D eigenvalue weighted by Crippen LogP contribution is 2.26. The highest BCUT2D eigenvalue weighted by Gasteiger charge is 2.50. The summed E-state index contributed by atoms with van der Waals surface area (Å²) in [5.41, 5.74) is 0. The van der Waals surface area contributed by atoms with Crippen molar-refractivity contribution in [2.75, 3.05) is 13.2 Å². The van der Waals surface area contributed by atoms with Crippen molar-refractivity contribution in [3.05, 3.63) is 85.1 Å². The minimum atomic E-state index is -1.91. The van der Waals surface area contributed by atoms with Gasteiger partial charge in [-0.05, 0) is 109 Å². The third kappa shape index (κ3) is 39.0. The average molecular weight is 1030 g/mol. The predicted octanol–water partition coefficient (Wildman–Crippen LogP) is 14.3. The Balaban J connectivity index is 2.73. The van der Waals surface area contributed by atoms with Crippen molar-refractivity contribution in [3.63, 3.8) is 0 Å². The Kier molecular flexibility index (Phi) is 44.7. The second-order valence-corrected chi connectivity index (χ2v) is 19.2. The number of aliphatic carboxylic acids is 1. The molecular formula is C61H100O12. The zero-order valence-corrected chi connectivity index (χ0v) is 45.6. The lowest BCUT2D eigenvalue weighted by Gasteiger charge is -2.40. The standard InChI is InChI=1S/C61H100O12/c1-4-7-10-13-16-19-22-24-26-27-29-30-33-35-38-41-44-47-53(62)69-50-52(71-54(63)48-45-42-39-37-34-31-28-25-23-20-17-14-11-8-5-2)51-70-61-59(57(66)56(65)58(73-61)60(67)68)72-55(64)49-46-43-40-36-32-21-18-15-12-9-6-3/h7,10,15-20,24-26,28-30,52,56-59,61,65-66H,4-6,8-9,11-14,21-23,27,31-51H2,1-3H3,(H,67,68)/b10-7-,18-15-,19-16-,20-17-,26-24-,28-25-,30-29-. The first-order valence-corrected chi connectivity index (χ1v) is 28.6. The molecule has 12 nitrogen and oxygen atoms in total. The maximum Gasteiger partial charge on any atom is 0.335 e. The van der Waals surface area contributed by atoms with Crippen LogP contribution in [0, 0.1) is 0 Å². The highest BCUT2D eigenvalue weighted by atomic mass is 16.7.